The normalized spacial score (nSPS) is 11.9. The van der Waals surface area contributed by atoms with E-state index in [2.05, 4.69) is 0 Å². The molecule has 0 N–H and O–H groups in total. The molecular weight excluding hydrogens is 388 g/mol. The smallest absolute Gasteiger partial charge is 0.258 e. The molecular formula is C14H14N2O6S3. The first-order chi connectivity index (χ1) is 11.5. The fraction of sp³-hybridized carbons (Fsp3) is 0.143. The molecule has 8 nitrogen and oxygen atoms in total. The van der Waals surface area contributed by atoms with Crippen LogP contribution in [-0.2, 0) is 20.0 Å². The Balaban J connectivity index is 2.62. The van der Waals surface area contributed by atoms with Crippen molar-refractivity contribution in [1.82, 2.24) is 0 Å². The first kappa shape index (κ1) is 19.2. The minimum atomic E-state index is -4.12. The lowest BCUT2D eigenvalue weighted by atomic mass is 10.3. The summed E-state index contributed by atoms with van der Waals surface area (Å²) in [6, 6.07) is 11.8. The van der Waals surface area contributed by atoms with Gasteiger partial charge in [-0.15, -0.1) is 0 Å². The third-order valence-corrected chi connectivity index (χ3v) is 7.30. The highest BCUT2D eigenvalue weighted by Crippen LogP contribution is 2.40. The maximum absolute atomic E-state index is 12.0. The van der Waals surface area contributed by atoms with Gasteiger partial charge in [0.2, 0.25) is 20.0 Å². The van der Waals surface area contributed by atoms with E-state index in [1.807, 2.05) is 0 Å². The van der Waals surface area contributed by atoms with Crippen molar-refractivity contribution in [2.24, 2.45) is 0 Å². The van der Waals surface area contributed by atoms with Gasteiger partial charge in [0.15, 0.2) is 0 Å². The summed E-state index contributed by atoms with van der Waals surface area (Å²) in [5, 5.41) is 11.1. The van der Waals surface area contributed by atoms with E-state index in [1.165, 1.54) is 36.4 Å². The standard InChI is InChI=1S/C14H14N2O6S3/c1-24(19,20)16(25(2,21)22)12-8-4-6-10-14(12)23-13-9-5-3-7-11(13)15(17)18/h3-10H,1-2H3. The molecule has 134 valence electrons. The quantitative estimate of drug-likeness (QED) is 0.538. The summed E-state index contributed by atoms with van der Waals surface area (Å²) in [6.45, 7) is 0. The van der Waals surface area contributed by atoms with E-state index < -0.39 is 25.0 Å². The van der Waals surface area contributed by atoms with Crippen LogP contribution in [0.5, 0.6) is 0 Å². The van der Waals surface area contributed by atoms with Gasteiger partial charge < -0.3 is 0 Å². The molecule has 0 saturated carbocycles. The van der Waals surface area contributed by atoms with Gasteiger partial charge in [-0.1, -0.05) is 36.0 Å². The number of rotatable bonds is 6. The average molecular weight is 402 g/mol. The lowest BCUT2D eigenvalue weighted by Crippen LogP contribution is -2.35. The van der Waals surface area contributed by atoms with Crippen molar-refractivity contribution in [2.45, 2.75) is 9.79 Å². The first-order valence-corrected chi connectivity index (χ1v) is 11.2. The second-order valence-electron chi connectivity index (χ2n) is 5.02. The average Bonchev–Trinajstić information content (AvgIpc) is 2.46. The fourth-order valence-electron chi connectivity index (χ4n) is 2.11. The van der Waals surface area contributed by atoms with Crippen molar-refractivity contribution in [3.05, 3.63) is 58.6 Å². The fourth-order valence-corrected chi connectivity index (χ4v) is 6.27. The molecule has 0 radical (unpaired) electrons. The largest absolute Gasteiger partial charge is 0.283 e. The molecule has 0 aliphatic rings. The first-order valence-electron chi connectivity index (χ1n) is 6.72. The second kappa shape index (κ2) is 7.02. The van der Waals surface area contributed by atoms with Crippen LogP contribution in [0.2, 0.25) is 0 Å². The summed E-state index contributed by atoms with van der Waals surface area (Å²) >= 11 is 0.917. The number of para-hydroxylation sites is 2. The number of nitro groups is 1. The third kappa shape index (κ3) is 4.50. The van der Waals surface area contributed by atoms with E-state index in [4.69, 9.17) is 0 Å². The van der Waals surface area contributed by atoms with Gasteiger partial charge in [-0.3, -0.25) is 10.1 Å². The van der Waals surface area contributed by atoms with Gasteiger partial charge in [-0.2, -0.15) is 3.71 Å². The molecule has 11 heteroatoms. The summed E-state index contributed by atoms with van der Waals surface area (Å²) in [7, 11) is -8.24. The summed E-state index contributed by atoms with van der Waals surface area (Å²) < 4.78 is 48.3. The van der Waals surface area contributed by atoms with Crippen LogP contribution in [0.4, 0.5) is 11.4 Å². The maximum Gasteiger partial charge on any atom is 0.283 e. The van der Waals surface area contributed by atoms with Crippen LogP contribution in [0.15, 0.2) is 58.3 Å². The van der Waals surface area contributed by atoms with Gasteiger partial charge in [0.1, 0.15) is 0 Å². The molecule has 0 aromatic heterocycles. The zero-order valence-corrected chi connectivity index (χ0v) is 15.6. The molecule has 2 aromatic carbocycles. The summed E-state index contributed by atoms with van der Waals surface area (Å²) in [5.74, 6) is 0. The van der Waals surface area contributed by atoms with Gasteiger partial charge in [0.05, 0.1) is 28.0 Å². The number of benzene rings is 2. The molecule has 2 rings (SSSR count). The van der Waals surface area contributed by atoms with Crippen LogP contribution in [0.1, 0.15) is 0 Å². The number of nitrogens with zero attached hydrogens (tertiary/aromatic N) is 2. The minimum absolute atomic E-state index is 0.0874. The van der Waals surface area contributed by atoms with Crippen molar-refractivity contribution in [1.29, 1.82) is 0 Å². The Morgan fingerprint density at radius 2 is 1.36 bits per heavy atom. The Kier molecular flexibility index (Phi) is 5.40. The van der Waals surface area contributed by atoms with E-state index in [9.17, 15) is 26.9 Å². The SMILES string of the molecule is CS(=O)(=O)N(c1ccccc1Sc1ccccc1[N+](=O)[O-])S(C)(=O)=O. The Bertz CT molecular complexity index is 986. The summed E-state index contributed by atoms with van der Waals surface area (Å²) in [6.07, 6.45) is 1.56. The molecule has 0 aliphatic carbocycles. The Morgan fingerprint density at radius 3 is 1.88 bits per heavy atom. The number of sulfonamides is 2. The molecule has 0 fully saturated rings. The van der Waals surface area contributed by atoms with Crippen molar-refractivity contribution >= 4 is 43.2 Å². The molecule has 2 aromatic rings. The van der Waals surface area contributed by atoms with E-state index in [-0.39, 0.29) is 21.2 Å². The molecule has 0 saturated heterocycles. The van der Waals surface area contributed by atoms with Gasteiger partial charge in [0.25, 0.3) is 5.69 Å². The Hall–Kier alpha value is -2.11. The topological polar surface area (TPSA) is 115 Å². The maximum atomic E-state index is 12.0. The van der Waals surface area contributed by atoms with E-state index in [0.29, 0.717) is 3.71 Å². The highest BCUT2D eigenvalue weighted by atomic mass is 32.3. The van der Waals surface area contributed by atoms with Crippen molar-refractivity contribution in [2.75, 3.05) is 16.2 Å². The van der Waals surface area contributed by atoms with Gasteiger partial charge in [-0.05, 0) is 18.2 Å². The van der Waals surface area contributed by atoms with E-state index >= 15 is 0 Å². The zero-order valence-electron chi connectivity index (χ0n) is 13.2. The molecule has 0 atom stereocenters. The minimum Gasteiger partial charge on any atom is -0.258 e. The molecule has 0 bridgehead atoms. The monoisotopic (exact) mass is 402 g/mol. The van der Waals surface area contributed by atoms with Gasteiger partial charge >= 0.3 is 0 Å². The third-order valence-electron chi connectivity index (χ3n) is 2.95. The Labute approximate surface area is 149 Å². The lowest BCUT2D eigenvalue weighted by molar-refractivity contribution is -0.387. The number of anilines is 1. The van der Waals surface area contributed by atoms with E-state index in [0.717, 1.165) is 24.3 Å². The van der Waals surface area contributed by atoms with Crippen molar-refractivity contribution < 1.29 is 21.8 Å². The van der Waals surface area contributed by atoms with Crippen LogP contribution in [0.3, 0.4) is 0 Å². The van der Waals surface area contributed by atoms with Crippen LogP contribution >= 0.6 is 11.8 Å². The van der Waals surface area contributed by atoms with Crippen molar-refractivity contribution in [3.63, 3.8) is 0 Å². The summed E-state index contributed by atoms with van der Waals surface area (Å²) in [5.41, 5.74) is -0.247. The van der Waals surface area contributed by atoms with Crippen molar-refractivity contribution in [3.8, 4) is 0 Å². The molecule has 0 heterocycles. The second-order valence-corrected chi connectivity index (χ2v) is 10.00. The van der Waals surface area contributed by atoms with Gasteiger partial charge in [-0.25, -0.2) is 16.8 Å². The molecule has 0 amide bonds. The number of hydrogen-bond donors (Lipinski definition) is 0. The molecule has 0 unspecified atom stereocenters. The summed E-state index contributed by atoms with van der Waals surface area (Å²) in [4.78, 5) is 11.1. The zero-order chi connectivity index (χ0) is 18.8. The molecule has 0 spiro atoms. The van der Waals surface area contributed by atoms with E-state index in [1.54, 1.807) is 12.1 Å². The van der Waals surface area contributed by atoms with Crippen LogP contribution in [-0.4, -0.2) is 34.3 Å². The predicted octanol–water partition coefficient (Wildman–Crippen LogP) is 2.47. The Morgan fingerprint density at radius 1 is 0.880 bits per heavy atom. The highest BCUT2D eigenvalue weighted by Gasteiger charge is 2.30. The molecule has 0 aliphatic heterocycles. The van der Waals surface area contributed by atoms with Gasteiger partial charge in [0, 0.05) is 11.0 Å². The number of nitro benzene ring substituents is 1. The van der Waals surface area contributed by atoms with Crippen LogP contribution in [0.25, 0.3) is 0 Å². The number of hydrogen-bond acceptors (Lipinski definition) is 7. The van der Waals surface area contributed by atoms with Crippen LogP contribution in [0, 0.1) is 10.1 Å². The highest BCUT2D eigenvalue weighted by molar-refractivity contribution is 8.09. The van der Waals surface area contributed by atoms with Crippen LogP contribution < -0.4 is 3.71 Å². The lowest BCUT2D eigenvalue weighted by Gasteiger charge is -2.22. The predicted molar refractivity (Wildman–Crippen MR) is 95.8 cm³/mol. The molecule has 25 heavy (non-hydrogen) atoms.